The smallest absolute Gasteiger partial charge is 0.315 e. The maximum Gasteiger partial charge on any atom is 0.315 e. The zero-order valence-corrected chi connectivity index (χ0v) is 14.0. The van der Waals surface area contributed by atoms with Gasteiger partial charge in [-0.3, -0.25) is 0 Å². The number of halogens is 1. The summed E-state index contributed by atoms with van der Waals surface area (Å²) in [5, 5.41) is 6.42. The van der Waals surface area contributed by atoms with Crippen molar-refractivity contribution in [3.05, 3.63) is 53.1 Å². The van der Waals surface area contributed by atoms with Gasteiger partial charge in [0.15, 0.2) is 0 Å². The van der Waals surface area contributed by atoms with Crippen LogP contribution in [0.25, 0.3) is 0 Å². The standard InChI is InChI=1S/C16H21ClN4O2/c1-21-10-9-18-15(21)14(12-4-6-13(17)7-5-12)20-16(22)19-8-3-11-23-2/h4-7,9-10,14H,3,8,11H2,1-2H3,(H2,19,20,22). The third kappa shape index (κ3) is 4.97. The van der Waals surface area contributed by atoms with Gasteiger partial charge < -0.3 is 19.9 Å². The molecular weight excluding hydrogens is 316 g/mol. The number of carbonyl (C=O) groups is 1. The number of rotatable bonds is 7. The zero-order chi connectivity index (χ0) is 16.7. The van der Waals surface area contributed by atoms with Crippen molar-refractivity contribution in [3.63, 3.8) is 0 Å². The lowest BCUT2D eigenvalue weighted by Gasteiger charge is -2.19. The lowest BCUT2D eigenvalue weighted by Crippen LogP contribution is -2.39. The van der Waals surface area contributed by atoms with E-state index in [1.807, 2.05) is 29.9 Å². The Labute approximate surface area is 140 Å². The first kappa shape index (κ1) is 17.3. The van der Waals surface area contributed by atoms with Gasteiger partial charge in [-0.25, -0.2) is 9.78 Å². The van der Waals surface area contributed by atoms with Crippen molar-refractivity contribution in [1.29, 1.82) is 0 Å². The van der Waals surface area contributed by atoms with Crippen LogP contribution in [-0.4, -0.2) is 35.8 Å². The summed E-state index contributed by atoms with van der Waals surface area (Å²) >= 11 is 5.94. The highest BCUT2D eigenvalue weighted by Crippen LogP contribution is 2.22. The molecular formula is C16H21ClN4O2. The molecule has 2 aromatic rings. The number of hydrogen-bond donors (Lipinski definition) is 2. The number of methoxy groups -OCH3 is 1. The van der Waals surface area contributed by atoms with E-state index < -0.39 is 0 Å². The quantitative estimate of drug-likeness (QED) is 0.763. The van der Waals surface area contributed by atoms with Crippen molar-refractivity contribution in [2.75, 3.05) is 20.3 Å². The number of benzene rings is 1. The number of aromatic nitrogens is 2. The van der Waals surface area contributed by atoms with Crippen LogP contribution in [0.2, 0.25) is 5.02 Å². The van der Waals surface area contributed by atoms with Crippen LogP contribution in [-0.2, 0) is 11.8 Å². The summed E-state index contributed by atoms with van der Waals surface area (Å²) in [6.07, 6.45) is 4.31. The molecule has 1 aromatic carbocycles. The molecule has 0 saturated carbocycles. The molecule has 1 atom stereocenters. The number of urea groups is 1. The van der Waals surface area contributed by atoms with Crippen LogP contribution in [0.3, 0.4) is 0 Å². The second-order valence-electron chi connectivity index (χ2n) is 5.13. The maximum atomic E-state index is 12.1. The van der Waals surface area contributed by atoms with Gasteiger partial charge >= 0.3 is 6.03 Å². The largest absolute Gasteiger partial charge is 0.385 e. The van der Waals surface area contributed by atoms with E-state index in [1.165, 1.54) is 0 Å². The van der Waals surface area contributed by atoms with Gasteiger partial charge in [0.1, 0.15) is 11.9 Å². The summed E-state index contributed by atoms with van der Waals surface area (Å²) in [5.74, 6) is 0.749. The second kappa shape index (κ2) is 8.55. The van der Waals surface area contributed by atoms with Crippen LogP contribution in [0.4, 0.5) is 4.79 Å². The van der Waals surface area contributed by atoms with E-state index in [-0.39, 0.29) is 12.1 Å². The van der Waals surface area contributed by atoms with Gasteiger partial charge in [-0.15, -0.1) is 0 Å². The topological polar surface area (TPSA) is 68.2 Å². The third-order valence-corrected chi connectivity index (χ3v) is 3.66. The third-order valence-electron chi connectivity index (χ3n) is 3.41. The molecule has 0 saturated heterocycles. The van der Waals surface area contributed by atoms with E-state index in [0.717, 1.165) is 17.8 Å². The summed E-state index contributed by atoms with van der Waals surface area (Å²) in [4.78, 5) is 16.5. The molecule has 0 aliphatic heterocycles. The van der Waals surface area contributed by atoms with Gasteiger partial charge in [0.2, 0.25) is 0 Å². The Morgan fingerprint density at radius 3 is 2.74 bits per heavy atom. The minimum absolute atomic E-state index is 0.246. The number of nitrogens with zero attached hydrogens (tertiary/aromatic N) is 2. The number of ether oxygens (including phenoxy) is 1. The van der Waals surface area contributed by atoms with E-state index in [1.54, 1.807) is 25.4 Å². The molecule has 7 heteroatoms. The van der Waals surface area contributed by atoms with Crippen LogP contribution < -0.4 is 10.6 Å². The normalized spacial score (nSPS) is 12.0. The Balaban J connectivity index is 2.10. The van der Waals surface area contributed by atoms with Gasteiger partial charge in [-0.05, 0) is 24.1 Å². The predicted molar refractivity (Wildman–Crippen MR) is 89.5 cm³/mol. The Morgan fingerprint density at radius 1 is 1.39 bits per heavy atom. The molecule has 2 amide bonds. The molecule has 0 aliphatic carbocycles. The molecule has 2 rings (SSSR count). The average molecular weight is 337 g/mol. The van der Waals surface area contributed by atoms with E-state index >= 15 is 0 Å². The Hall–Kier alpha value is -2.05. The van der Waals surface area contributed by atoms with Gasteiger partial charge in [0.25, 0.3) is 0 Å². The molecule has 2 N–H and O–H groups in total. The highest BCUT2D eigenvalue weighted by molar-refractivity contribution is 6.30. The summed E-state index contributed by atoms with van der Waals surface area (Å²) in [6, 6.07) is 6.76. The van der Waals surface area contributed by atoms with Gasteiger partial charge in [0.05, 0.1) is 0 Å². The fourth-order valence-electron chi connectivity index (χ4n) is 2.21. The highest BCUT2D eigenvalue weighted by Gasteiger charge is 2.20. The lowest BCUT2D eigenvalue weighted by atomic mass is 10.1. The van der Waals surface area contributed by atoms with Crippen LogP contribution >= 0.6 is 11.6 Å². The number of hydrogen-bond acceptors (Lipinski definition) is 3. The number of aryl methyl sites for hydroxylation is 1. The molecule has 0 spiro atoms. The van der Waals surface area contributed by atoms with Crippen molar-refractivity contribution in [2.24, 2.45) is 7.05 Å². The van der Waals surface area contributed by atoms with E-state index in [2.05, 4.69) is 15.6 Å². The lowest BCUT2D eigenvalue weighted by molar-refractivity contribution is 0.193. The number of imidazole rings is 1. The predicted octanol–water partition coefficient (Wildman–Crippen LogP) is 2.50. The maximum absolute atomic E-state index is 12.1. The first-order valence-electron chi connectivity index (χ1n) is 7.38. The van der Waals surface area contributed by atoms with Crippen LogP contribution in [0, 0.1) is 0 Å². The first-order valence-corrected chi connectivity index (χ1v) is 7.75. The molecule has 0 radical (unpaired) electrons. The summed E-state index contributed by atoms with van der Waals surface area (Å²) in [5.41, 5.74) is 0.913. The molecule has 6 nitrogen and oxygen atoms in total. The summed E-state index contributed by atoms with van der Waals surface area (Å²) in [6.45, 7) is 1.16. The SMILES string of the molecule is COCCCNC(=O)NC(c1ccc(Cl)cc1)c1nccn1C. The highest BCUT2D eigenvalue weighted by atomic mass is 35.5. The second-order valence-corrected chi connectivity index (χ2v) is 5.56. The Bertz CT molecular complexity index is 627. The minimum Gasteiger partial charge on any atom is -0.385 e. The molecule has 1 unspecified atom stereocenters. The number of nitrogens with one attached hydrogen (secondary N) is 2. The van der Waals surface area contributed by atoms with Crippen LogP contribution in [0.5, 0.6) is 0 Å². The zero-order valence-electron chi connectivity index (χ0n) is 13.3. The molecule has 1 heterocycles. The van der Waals surface area contributed by atoms with Crippen molar-refractivity contribution in [2.45, 2.75) is 12.5 Å². The van der Waals surface area contributed by atoms with Crippen molar-refractivity contribution in [1.82, 2.24) is 20.2 Å². The van der Waals surface area contributed by atoms with Crippen molar-refractivity contribution < 1.29 is 9.53 Å². The van der Waals surface area contributed by atoms with Crippen LogP contribution in [0.1, 0.15) is 23.9 Å². The number of carbonyl (C=O) groups excluding carboxylic acids is 1. The summed E-state index contributed by atoms with van der Waals surface area (Å²) in [7, 11) is 3.53. The fraction of sp³-hybridized carbons (Fsp3) is 0.375. The Kier molecular flexibility index (Phi) is 6.43. The van der Waals surface area contributed by atoms with Crippen LogP contribution in [0.15, 0.2) is 36.7 Å². The van der Waals surface area contributed by atoms with E-state index in [0.29, 0.717) is 18.2 Å². The molecule has 0 bridgehead atoms. The monoisotopic (exact) mass is 336 g/mol. The molecule has 1 aromatic heterocycles. The minimum atomic E-state index is -0.352. The van der Waals surface area contributed by atoms with Crippen molar-refractivity contribution in [3.8, 4) is 0 Å². The summed E-state index contributed by atoms with van der Waals surface area (Å²) < 4.78 is 6.84. The van der Waals surface area contributed by atoms with Gasteiger partial charge in [-0.1, -0.05) is 23.7 Å². The van der Waals surface area contributed by atoms with Crippen molar-refractivity contribution >= 4 is 17.6 Å². The fourth-order valence-corrected chi connectivity index (χ4v) is 2.33. The molecule has 0 aliphatic rings. The van der Waals surface area contributed by atoms with Gasteiger partial charge in [0, 0.05) is 44.7 Å². The average Bonchev–Trinajstić information content (AvgIpc) is 2.96. The molecule has 0 fully saturated rings. The first-order chi connectivity index (χ1) is 11.1. The van der Waals surface area contributed by atoms with E-state index in [9.17, 15) is 4.79 Å². The number of amides is 2. The Morgan fingerprint density at radius 2 is 2.13 bits per heavy atom. The van der Waals surface area contributed by atoms with Gasteiger partial charge in [-0.2, -0.15) is 0 Å². The van der Waals surface area contributed by atoms with E-state index in [4.69, 9.17) is 16.3 Å². The molecule has 124 valence electrons. The molecule has 23 heavy (non-hydrogen) atoms.